The summed E-state index contributed by atoms with van der Waals surface area (Å²) in [5.41, 5.74) is 2.23. The Labute approximate surface area is 129 Å². The zero-order valence-corrected chi connectivity index (χ0v) is 12.4. The molecular formula is C17H21N3O2. The van der Waals surface area contributed by atoms with Gasteiger partial charge in [-0.2, -0.15) is 0 Å². The van der Waals surface area contributed by atoms with Gasteiger partial charge in [-0.1, -0.05) is 30.4 Å². The second-order valence-corrected chi connectivity index (χ2v) is 5.70. The molecule has 5 nitrogen and oxygen atoms in total. The second-order valence-electron chi connectivity index (χ2n) is 5.70. The normalized spacial score (nSPS) is 20.4. The lowest BCUT2D eigenvalue weighted by Gasteiger charge is -2.13. The number of nitrogens with one attached hydrogen (secondary N) is 3. The number of H-pyrrole nitrogens is 1. The summed E-state index contributed by atoms with van der Waals surface area (Å²) in [5.74, 6) is 0.164. The van der Waals surface area contributed by atoms with Crippen molar-refractivity contribution in [3.63, 3.8) is 0 Å². The molecule has 116 valence electrons. The minimum absolute atomic E-state index is 0.0187. The van der Waals surface area contributed by atoms with Crippen LogP contribution in [0.1, 0.15) is 12.1 Å². The molecule has 2 aromatic rings. The number of aliphatic hydroxyl groups is 1. The van der Waals surface area contributed by atoms with Gasteiger partial charge in [0.05, 0.1) is 0 Å². The first-order valence-corrected chi connectivity index (χ1v) is 7.65. The number of aromatic amines is 1. The first kappa shape index (κ1) is 14.7. The fraction of sp³-hybridized carbons (Fsp3) is 0.353. The number of benzene rings is 1. The van der Waals surface area contributed by atoms with E-state index < -0.39 is 0 Å². The van der Waals surface area contributed by atoms with E-state index in [1.54, 1.807) is 0 Å². The SMILES string of the molecule is O=C(NCCc1cc2ccccc2[nH]1)N[C@@H]1C=C[C@H](CO)C1. The molecule has 1 aromatic carbocycles. The van der Waals surface area contributed by atoms with E-state index in [0.717, 1.165) is 24.1 Å². The van der Waals surface area contributed by atoms with Gasteiger partial charge in [0.25, 0.3) is 0 Å². The van der Waals surface area contributed by atoms with E-state index in [1.807, 2.05) is 30.4 Å². The van der Waals surface area contributed by atoms with Crippen molar-refractivity contribution in [2.75, 3.05) is 13.2 Å². The van der Waals surface area contributed by atoms with Gasteiger partial charge in [0.1, 0.15) is 0 Å². The topological polar surface area (TPSA) is 77.2 Å². The van der Waals surface area contributed by atoms with Crippen molar-refractivity contribution in [2.45, 2.75) is 18.9 Å². The Balaban J connectivity index is 1.43. The van der Waals surface area contributed by atoms with E-state index in [9.17, 15) is 4.79 Å². The van der Waals surface area contributed by atoms with Gasteiger partial charge in [-0.25, -0.2) is 4.79 Å². The van der Waals surface area contributed by atoms with Crippen LogP contribution in [0.4, 0.5) is 4.79 Å². The van der Waals surface area contributed by atoms with Gasteiger partial charge >= 0.3 is 6.03 Å². The molecule has 3 rings (SSSR count). The maximum Gasteiger partial charge on any atom is 0.315 e. The summed E-state index contributed by atoms with van der Waals surface area (Å²) in [6, 6.07) is 10.1. The Morgan fingerprint density at radius 1 is 1.32 bits per heavy atom. The Hall–Kier alpha value is -2.27. The third kappa shape index (κ3) is 3.49. The summed E-state index contributed by atoms with van der Waals surface area (Å²) in [5, 5.41) is 16.0. The second kappa shape index (κ2) is 6.66. The van der Waals surface area contributed by atoms with Crippen molar-refractivity contribution in [2.24, 2.45) is 5.92 Å². The minimum Gasteiger partial charge on any atom is -0.396 e. The zero-order valence-electron chi connectivity index (χ0n) is 12.4. The van der Waals surface area contributed by atoms with E-state index >= 15 is 0 Å². The highest BCUT2D eigenvalue weighted by molar-refractivity contribution is 5.80. The molecule has 22 heavy (non-hydrogen) atoms. The van der Waals surface area contributed by atoms with Crippen LogP contribution in [-0.2, 0) is 6.42 Å². The van der Waals surface area contributed by atoms with Crippen molar-refractivity contribution in [1.82, 2.24) is 15.6 Å². The molecule has 4 N–H and O–H groups in total. The van der Waals surface area contributed by atoms with E-state index in [0.29, 0.717) is 6.54 Å². The third-order valence-electron chi connectivity index (χ3n) is 3.99. The van der Waals surface area contributed by atoms with Crippen molar-refractivity contribution in [3.8, 4) is 0 Å². The predicted octanol–water partition coefficient (Wildman–Crippen LogP) is 1.95. The monoisotopic (exact) mass is 299 g/mol. The van der Waals surface area contributed by atoms with Gasteiger partial charge in [0.2, 0.25) is 0 Å². The van der Waals surface area contributed by atoms with Crippen LogP contribution >= 0.6 is 0 Å². The summed E-state index contributed by atoms with van der Waals surface area (Å²) in [7, 11) is 0. The van der Waals surface area contributed by atoms with Crippen LogP contribution in [0.25, 0.3) is 10.9 Å². The van der Waals surface area contributed by atoms with E-state index in [4.69, 9.17) is 5.11 Å². The zero-order chi connectivity index (χ0) is 15.4. The van der Waals surface area contributed by atoms with Crippen molar-refractivity contribution in [3.05, 3.63) is 48.2 Å². The molecule has 2 atom stereocenters. The molecule has 0 unspecified atom stereocenters. The lowest BCUT2D eigenvalue weighted by Crippen LogP contribution is -2.41. The van der Waals surface area contributed by atoms with Gasteiger partial charge in [0.15, 0.2) is 0 Å². The molecule has 0 radical (unpaired) electrons. The standard InChI is InChI=1S/C17H21N3O2/c21-11-12-5-6-14(9-12)20-17(22)18-8-7-15-10-13-3-1-2-4-16(13)19-15/h1-6,10,12,14,19,21H,7-9,11H2,(H2,18,20,22)/t12-,14+/m0/s1. The summed E-state index contributed by atoms with van der Waals surface area (Å²) < 4.78 is 0. The molecule has 1 aliphatic carbocycles. The molecule has 0 fully saturated rings. The van der Waals surface area contributed by atoms with Crippen LogP contribution in [0.15, 0.2) is 42.5 Å². The summed E-state index contributed by atoms with van der Waals surface area (Å²) in [6.45, 7) is 0.717. The first-order chi connectivity index (χ1) is 10.7. The molecule has 0 saturated heterocycles. The number of carbonyl (C=O) groups is 1. The maximum absolute atomic E-state index is 11.8. The molecule has 1 heterocycles. The van der Waals surface area contributed by atoms with Crippen LogP contribution < -0.4 is 10.6 Å². The number of aromatic nitrogens is 1. The van der Waals surface area contributed by atoms with Crippen molar-refractivity contribution in [1.29, 1.82) is 0 Å². The van der Waals surface area contributed by atoms with Gasteiger partial charge in [0, 0.05) is 42.7 Å². The smallest absolute Gasteiger partial charge is 0.315 e. The minimum atomic E-state index is -0.163. The summed E-state index contributed by atoms with van der Waals surface area (Å²) in [6.07, 6.45) is 5.43. The molecular weight excluding hydrogens is 278 g/mol. The number of hydrogen-bond acceptors (Lipinski definition) is 2. The van der Waals surface area contributed by atoms with Gasteiger partial charge in [-0.05, 0) is 23.9 Å². The van der Waals surface area contributed by atoms with Crippen molar-refractivity contribution >= 4 is 16.9 Å². The van der Waals surface area contributed by atoms with Gasteiger partial charge in [-0.15, -0.1) is 0 Å². The van der Waals surface area contributed by atoms with Crippen LogP contribution in [0.3, 0.4) is 0 Å². The number of aliphatic hydroxyl groups excluding tert-OH is 1. The molecule has 0 saturated carbocycles. The Kier molecular flexibility index (Phi) is 4.44. The predicted molar refractivity (Wildman–Crippen MR) is 86.7 cm³/mol. The third-order valence-corrected chi connectivity index (χ3v) is 3.99. The molecule has 0 spiro atoms. The van der Waals surface area contributed by atoms with E-state index in [1.165, 1.54) is 5.39 Å². The van der Waals surface area contributed by atoms with Crippen LogP contribution in [0, 0.1) is 5.92 Å². The first-order valence-electron chi connectivity index (χ1n) is 7.65. The van der Waals surface area contributed by atoms with Gasteiger partial charge in [-0.3, -0.25) is 0 Å². The van der Waals surface area contributed by atoms with Crippen molar-refractivity contribution < 1.29 is 9.90 Å². The van der Waals surface area contributed by atoms with Gasteiger partial charge < -0.3 is 20.7 Å². The Bertz CT molecular complexity index is 644. The number of amides is 2. The highest BCUT2D eigenvalue weighted by Gasteiger charge is 2.19. The number of rotatable bonds is 5. The lowest BCUT2D eigenvalue weighted by molar-refractivity contribution is 0.231. The largest absolute Gasteiger partial charge is 0.396 e. The van der Waals surface area contributed by atoms with E-state index in [-0.39, 0.29) is 24.6 Å². The van der Waals surface area contributed by atoms with Crippen LogP contribution in [-0.4, -0.2) is 35.3 Å². The quantitative estimate of drug-likeness (QED) is 0.637. The Morgan fingerprint density at radius 3 is 2.95 bits per heavy atom. The van der Waals surface area contributed by atoms with Crippen LogP contribution in [0.5, 0.6) is 0 Å². The molecule has 2 amide bonds. The Morgan fingerprint density at radius 2 is 2.18 bits per heavy atom. The fourth-order valence-corrected chi connectivity index (χ4v) is 2.82. The number of fused-ring (bicyclic) bond motifs is 1. The molecule has 0 bridgehead atoms. The number of para-hydroxylation sites is 1. The van der Waals surface area contributed by atoms with Crippen LogP contribution in [0.2, 0.25) is 0 Å². The highest BCUT2D eigenvalue weighted by Crippen LogP contribution is 2.17. The average Bonchev–Trinajstić information content (AvgIpc) is 3.13. The highest BCUT2D eigenvalue weighted by atomic mass is 16.3. The lowest BCUT2D eigenvalue weighted by atomic mass is 10.1. The number of hydrogen-bond donors (Lipinski definition) is 4. The molecule has 1 aliphatic rings. The molecule has 0 aliphatic heterocycles. The number of carbonyl (C=O) groups excluding carboxylic acids is 1. The summed E-state index contributed by atoms with van der Waals surface area (Å²) in [4.78, 5) is 15.2. The average molecular weight is 299 g/mol. The maximum atomic E-state index is 11.8. The summed E-state index contributed by atoms with van der Waals surface area (Å²) >= 11 is 0. The number of urea groups is 1. The van der Waals surface area contributed by atoms with E-state index in [2.05, 4.69) is 27.8 Å². The fourth-order valence-electron chi connectivity index (χ4n) is 2.82. The molecule has 5 heteroatoms. The molecule has 1 aromatic heterocycles.